The van der Waals surface area contributed by atoms with Gasteiger partial charge in [-0.05, 0) is 45.2 Å². The lowest BCUT2D eigenvalue weighted by molar-refractivity contribution is 0.140. The van der Waals surface area contributed by atoms with Gasteiger partial charge in [0.25, 0.3) is 0 Å². The van der Waals surface area contributed by atoms with Gasteiger partial charge in [-0.15, -0.1) is 0 Å². The molecule has 0 aromatic carbocycles. The smallest absolute Gasteiger partial charge is 0.106 e. The van der Waals surface area contributed by atoms with Gasteiger partial charge in [0.1, 0.15) is 5.54 Å². The molecule has 1 aliphatic rings. The van der Waals surface area contributed by atoms with Crippen LogP contribution in [0.1, 0.15) is 46.0 Å². The summed E-state index contributed by atoms with van der Waals surface area (Å²) in [5.74, 6) is 0. The maximum absolute atomic E-state index is 9.44. The zero-order chi connectivity index (χ0) is 14.0. The second-order valence-corrected chi connectivity index (χ2v) is 5.39. The third-order valence-electron chi connectivity index (χ3n) is 3.92. The van der Waals surface area contributed by atoms with Gasteiger partial charge in [-0.25, -0.2) is 0 Å². The highest BCUT2D eigenvalue weighted by Gasteiger charge is 2.26. The molecule has 19 heavy (non-hydrogen) atoms. The second kappa shape index (κ2) is 9.30. The van der Waals surface area contributed by atoms with Crippen LogP contribution >= 0.6 is 0 Å². The molecule has 0 aliphatic carbocycles. The Morgan fingerprint density at radius 2 is 2.16 bits per heavy atom. The number of nitriles is 1. The van der Waals surface area contributed by atoms with E-state index in [1.54, 1.807) is 0 Å². The molecular weight excluding hydrogens is 238 g/mol. The summed E-state index contributed by atoms with van der Waals surface area (Å²) in [4.78, 5) is 2.46. The van der Waals surface area contributed by atoms with Gasteiger partial charge in [0.2, 0.25) is 0 Å². The summed E-state index contributed by atoms with van der Waals surface area (Å²) in [6.45, 7) is 10.2. The normalized spacial score (nSPS) is 20.5. The lowest BCUT2D eigenvalue weighted by Crippen LogP contribution is -2.44. The van der Waals surface area contributed by atoms with Crippen molar-refractivity contribution in [2.75, 3.05) is 39.4 Å². The molecule has 0 radical (unpaired) electrons. The Kier molecular flexibility index (Phi) is 8.04. The molecule has 0 saturated carbocycles. The quantitative estimate of drug-likeness (QED) is 0.732. The monoisotopic (exact) mass is 267 g/mol. The molecule has 0 aromatic heterocycles. The minimum Gasteiger partial charge on any atom is -0.380 e. The number of rotatable bonds is 8. The van der Waals surface area contributed by atoms with Gasteiger partial charge in [0.15, 0.2) is 0 Å². The van der Waals surface area contributed by atoms with E-state index >= 15 is 0 Å². The Morgan fingerprint density at radius 1 is 1.32 bits per heavy atom. The average molecular weight is 267 g/mol. The lowest BCUT2D eigenvalue weighted by atomic mass is 9.91. The lowest BCUT2D eigenvalue weighted by Gasteiger charge is -2.28. The number of hydrogen-bond donors (Lipinski definition) is 1. The highest BCUT2D eigenvalue weighted by molar-refractivity contribution is 5.06. The Morgan fingerprint density at radius 3 is 2.84 bits per heavy atom. The molecule has 4 nitrogen and oxygen atoms in total. The molecule has 110 valence electrons. The standard InChI is InChI=1S/C15H29N3O/c1-3-8-17-15(4-2,14-16)7-5-9-18-10-6-12-19-13-11-18/h17H,3-13H2,1-2H3. The fraction of sp³-hybridized carbons (Fsp3) is 0.933. The summed E-state index contributed by atoms with van der Waals surface area (Å²) in [7, 11) is 0. The third kappa shape index (κ3) is 5.90. The average Bonchev–Trinajstić information content (AvgIpc) is 2.72. The predicted octanol–water partition coefficient (Wildman–Crippen LogP) is 2.16. The van der Waals surface area contributed by atoms with Crippen LogP contribution < -0.4 is 5.32 Å². The molecule has 1 atom stereocenters. The van der Waals surface area contributed by atoms with Gasteiger partial charge >= 0.3 is 0 Å². The van der Waals surface area contributed by atoms with Crippen LogP contribution in [-0.4, -0.2) is 49.8 Å². The Bertz CT molecular complexity index is 269. The molecule has 1 heterocycles. The summed E-state index contributed by atoms with van der Waals surface area (Å²) in [5, 5.41) is 12.9. The fourth-order valence-corrected chi connectivity index (χ4v) is 2.55. The first-order valence-electron chi connectivity index (χ1n) is 7.72. The minimum atomic E-state index is -0.321. The molecule has 1 unspecified atom stereocenters. The van der Waals surface area contributed by atoms with Gasteiger partial charge in [-0.3, -0.25) is 5.32 Å². The van der Waals surface area contributed by atoms with E-state index in [1.165, 1.54) is 0 Å². The van der Waals surface area contributed by atoms with Gasteiger partial charge in [0.05, 0.1) is 12.7 Å². The Hall–Kier alpha value is -0.630. The molecule has 4 heteroatoms. The van der Waals surface area contributed by atoms with Crippen molar-refractivity contribution in [2.45, 2.75) is 51.5 Å². The molecule has 1 aliphatic heterocycles. The summed E-state index contributed by atoms with van der Waals surface area (Å²) in [6.07, 6.45) is 5.11. The number of hydrogen-bond acceptors (Lipinski definition) is 4. The zero-order valence-corrected chi connectivity index (χ0v) is 12.6. The first-order valence-corrected chi connectivity index (χ1v) is 7.72. The molecule has 1 fully saturated rings. The topological polar surface area (TPSA) is 48.3 Å². The molecule has 1 rings (SSSR count). The van der Waals surface area contributed by atoms with Crippen LogP contribution in [0.2, 0.25) is 0 Å². The molecule has 0 aromatic rings. The number of ether oxygens (including phenoxy) is 1. The summed E-state index contributed by atoms with van der Waals surface area (Å²) in [6, 6.07) is 2.50. The van der Waals surface area contributed by atoms with Gasteiger partial charge in [-0.1, -0.05) is 13.8 Å². The molecule has 1 N–H and O–H groups in total. The number of nitrogens with zero attached hydrogens (tertiary/aromatic N) is 2. The van der Waals surface area contributed by atoms with Crippen LogP contribution in [0.3, 0.4) is 0 Å². The SMILES string of the molecule is CCCNC(C#N)(CC)CCCN1CCCOCC1. The van der Waals surface area contributed by atoms with Gasteiger partial charge < -0.3 is 9.64 Å². The van der Waals surface area contributed by atoms with E-state index in [2.05, 4.69) is 30.1 Å². The minimum absolute atomic E-state index is 0.321. The van der Waals surface area contributed by atoms with Crippen LogP contribution in [-0.2, 0) is 4.74 Å². The Balaban J connectivity index is 2.32. The van der Waals surface area contributed by atoms with Crippen molar-refractivity contribution in [1.29, 1.82) is 5.26 Å². The largest absolute Gasteiger partial charge is 0.380 e. The van der Waals surface area contributed by atoms with Crippen molar-refractivity contribution in [2.24, 2.45) is 0 Å². The highest BCUT2D eigenvalue weighted by Crippen LogP contribution is 2.17. The maximum atomic E-state index is 9.44. The summed E-state index contributed by atoms with van der Waals surface area (Å²) < 4.78 is 5.46. The zero-order valence-electron chi connectivity index (χ0n) is 12.6. The molecule has 0 amide bonds. The van der Waals surface area contributed by atoms with E-state index in [4.69, 9.17) is 4.74 Å². The summed E-state index contributed by atoms with van der Waals surface area (Å²) in [5.41, 5.74) is -0.321. The van der Waals surface area contributed by atoms with Crippen molar-refractivity contribution < 1.29 is 4.74 Å². The second-order valence-electron chi connectivity index (χ2n) is 5.39. The van der Waals surface area contributed by atoms with E-state index < -0.39 is 0 Å². The molecule has 1 saturated heterocycles. The van der Waals surface area contributed by atoms with E-state index in [1.807, 2.05) is 0 Å². The summed E-state index contributed by atoms with van der Waals surface area (Å²) >= 11 is 0. The van der Waals surface area contributed by atoms with Crippen LogP contribution in [0.5, 0.6) is 0 Å². The van der Waals surface area contributed by atoms with Crippen LogP contribution in [0.4, 0.5) is 0 Å². The first-order chi connectivity index (χ1) is 9.26. The van der Waals surface area contributed by atoms with E-state index in [0.717, 1.165) is 71.5 Å². The van der Waals surface area contributed by atoms with Crippen molar-refractivity contribution in [3.63, 3.8) is 0 Å². The molecular formula is C15H29N3O. The Labute approximate surface area is 118 Å². The number of nitrogens with one attached hydrogen (secondary N) is 1. The van der Waals surface area contributed by atoms with E-state index in [9.17, 15) is 5.26 Å². The van der Waals surface area contributed by atoms with Gasteiger partial charge in [0, 0.05) is 19.7 Å². The third-order valence-corrected chi connectivity index (χ3v) is 3.92. The maximum Gasteiger partial charge on any atom is 0.106 e. The van der Waals surface area contributed by atoms with Crippen LogP contribution in [0.15, 0.2) is 0 Å². The first kappa shape index (κ1) is 16.4. The fourth-order valence-electron chi connectivity index (χ4n) is 2.55. The highest BCUT2D eigenvalue weighted by atomic mass is 16.5. The molecule has 0 spiro atoms. The van der Waals surface area contributed by atoms with Crippen molar-refractivity contribution >= 4 is 0 Å². The van der Waals surface area contributed by atoms with Gasteiger partial charge in [-0.2, -0.15) is 5.26 Å². The van der Waals surface area contributed by atoms with Crippen molar-refractivity contribution in [3.8, 4) is 6.07 Å². The van der Waals surface area contributed by atoms with E-state index in [-0.39, 0.29) is 5.54 Å². The predicted molar refractivity (Wildman–Crippen MR) is 78.0 cm³/mol. The van der Waals surface area contributed by atoms with Crippen molar-refractivity contribution in [1.82, 2.24) is 10.2 Å². The van der Waals surface area contributed by atoms with Crippen LogP contribution in [0.25, 0.3) is 0 Å². The van der Waals surface area contributed by atoms with Crippen molar-refractivity contribution in [3.05, 3.63) is 0 Å². The van der Waals surface area contributed by atoms with Crippen LogP contribution in [0, 0.1) is 11.3 Å². The van der Waals surface area contributed by atoms with E-state index in [0.29, 0.717) is 0 Å². The molecule has 0 bridgehead atoms.